The summed E-state index contributed by atoms with van der Waals surface area (Å²) in [5.74, 6) is 0.825. The molecular formula is C20H42O. The molecule has 21 heavy (non-hydrogen) atoms. The fraction of sp³-hybridized carbons (Fsp3) is 1.00. The number of hydrogen-bond acceptors (Lipinski definition) is 1. The number of hydrogen-bond donors (Lipinski definition) is 0. The minimum absolute atomic E-state index is 0.449. The molecule has 128 valence electrons. The molecule has 0 saturated heterocycles. The molecule has 0 aliphatic heterocycles. The van der Waals surface area contributed by atoms with Gasteiger partial charge in [-0.25, -0.2) is 0 Å². The Hall–Kier alpha value is -0.0400. The van der Waals surface area contributed by atoms with Crippen LogP contribution < -0.4 is 0 Å². The quantitative estimate of drug-likeness (QED) is 0.275. The zero-order valence-electron chi connectivity index (χ0n) is 15.5. The first-order valence-corrected chi connectivity index (χ1v) is 9.82. The molecular weight excluding hydrogens is 256 g/mol. The van der Waals surface area contributed by atoms with Gasteiger partial charge in [0, 0.05) is 6.61 Å². The van der Waals surface area contributed by atoms with E-state index in [1.165, 1.54) is 83.5 Å². The number of rotatable bonds is 16. The van der Waals surface area contributed by atoms with E-state index in [9.17, 15) is 0 Å². The van der Waals surface area contributed by atoms with Crippen molar-refractivity contribution in [3.05, 3.63) is 0 Å². The monoisotopic (exact) mass is 298 g/mol. The molecule has 0 aromatic carbocycles. The number of unbranched alkanes of at least 4 members (excludes halogenated alkanes) is 9. The Morgan fingerprint density at radius 1 is 0.667 bits per heavy atom. The summed E-state index contributed by atoms with van der Waals surface area (Å²) in [6.07, 6.45) is 18.4. The minimum Gasteiger partial charge on any atom is -0.379 e. The fourth-order valence-electron chi connectivity index (χ4n) is 2.98. The zero-order chi connectivity index (χ0) is 15.8. The third-order valence-electron chi connectivity index (χ3n) is 4.44. The van der Waals surface area contributed by atoms with E-state index in [4.69, 9.17) is 4.74 Å². The molecule has 0 saturated carbocycles. The minimum atomic E-state index is 0.449. The predicted molar refractivity (Wildman–Crippen MR) is 95.9 cm³/mol. The van der Waals surface area contributed by atoms with Crippen LogP contribution in [0.25, 0.3) is 0 Å². The maximum absolute atomic E-state index is 5.84. The summed E-state index contributed by atoms with van der Waals surface area (Å²) >= 11 is 0. The van der Waals surface area contributed by atoms with Crippen molar-refractivity contribution < 1.29 is 4.74 Å². The standard InChI is InChI=1S/C20H42O/c1-5-7-9-10-11-12-13-14-15-16-19(3)18-20(4)21-17-8-6-2/h19-20H,5-18H2,1-4H3. The summed E-state index contributed by atoms with van der Waals surface area (Å²) in [7, 11) is 0. The van der Waals surface area contributed by atoms with Crippen LogP contribution in [-0.2, 0) is 4.74 Å². The Bertz CT molecular complexity index is 190. The average molecular weight is 299 g/mol. The molecule has 2 atom stereocenters. The van der Waals surface area contributed by atoms with E-state index in [2.05, 4.69) is 27.7 Å². The molecule has 0 aliphatic carbocycles. The van der Waals surface area contributed by atoms with E-state index < -0.39 is 0 Å². The van der Waals surface area contributed by atoms with Crippen molar-refractivity contribution in [1.82, 2.24) is 0 Å². The summed E-state index contributed by atoms with van der Waals surface area (Å²) < 4.78 is 5.84. The summed E-state index contributed by atoms with van der Waals surface area (Å²) in [4.78, 5) is 0. The molecule has 0 bridgehead atoms. The van der Waals surface area contributed by atoms with E-state index in [0.717, 1.165) is 12.5 Å². The molecule has 0 spiro atoms. The summed E-state index contributed by atoms with van der Waals surface area (Å²) in [5, 5.41) is 0. The van der Waals surface area contributed by atoms with Crippen LogP contribution in [0, 0.1) is 5.92 Å². The Morgan fingerprint density at radius 3 is 1.76 bits per heavy atom. The highest BCUT2D eigenvalue weighted by Gasteiger charge is 2.08. The van der Waals surface area contributed by atoms with Crippen LogP contribution in [0.1, 0.15) is 111 Å². The zero-order valence-corrected chi connectivity index (χ0v) is 15.5. The smallest absolute Gasteiger partial charge is 0.0549 e. The lowest BCUT2D eigenvalue weighted by Crippen LogP contribution is -2.13. The summed E-state index contributed by atoms with van der Waals surface area (Å²) in [6.45, 7) is 10.1. The first-order chi connectivity index (χ1) is 10.2. The van der Waals surface area contributed by atoms with Crippen molar-refractivity contribution in [2.24, 2.45) is 5.92 Å². The Morgan fingerprint density at radius 2 is 1.19 bits per heavy atom. The van der Waals surface area contributed by atoms with E-state index in [1.807, 2.05) is 0 Å². The van der Waals surface area contributed by atoms with Crippen LogP contribution in [0.2, 0.25) is 0 Å². The van der Waals surface area contributed by atoms with Crippen molar-refractivity contribution >= 4 is 0 Å². The van der Waals surface area contributed by atoms with E-state index in [-0.39, 0.29) is 0 Å². The average Bonchev–Trinajstić information content (AvgIpc) is 2.45. The lowest BCUT2D eigenvalue weighted by atomic mass is 9.96. The Kier molecular flexibility index (Phi) is 16.3. The second-order valence-electron chi connectivity index (χ2n) is 6.99. The van der Waals surface area contributed by atoms with Gasteiger partial charge in [-0.1, -0.05) is 91.4 Å². The van der Waals surface area contributed by atoms with Crippen molar-refractivity contribution in [3.63, 3.8) is 0 Å². The predicted octanol–water partition coefficient (Wildman–Crippen LogP) is 7.14. The van der Waals surface area contributed by atoms with Gasteiger partial charge in [0.15, 0.2) is 0 Å². The van der Waals surface area contributed by atoms with Gasteiger partial charge >= 0.3 is 0 Å². The van der Waals surface area contributed by atoms with Crippen LogP contribution >= 0.6 is 0 Å². The van der Waals surface area contributed by atoms with Gasteiger partial charge < -0.3 is 4.74 Å². The molecule has 0 amide bonds. The van der Waals surface area contributed by atoms with E-state index in [0.29, 0.717) is 6.10 Å². The molecule has 2 unspecified atom stereocenters. The Labute approximate surface area is 135 Å². The normalized spacial score (nSPS) is 14.3. The molecule has 0 rings (SSSR count). The second kappa shape index (κ2) is 16.3. The molecule has 0 aliphatic rings. The molecule has 1 nitrogen and oxygen atoms in total. The fourth-order valence-corrected chi connectivity index (χ4v) is 2.98. The van der Waals surface area contributed by atoms with E-state index in [1.54, 1.807) is 0 Å². The van der Waals surface area contributed by atoms with Gasteiger partial charge in [-0.05, 0) is 25.7 Å². The topological polar surface area (TPSA) is 9.23 Å². The van der Waals surface area contributed by atoms with Crippen LogP contribution in [0.3, 0.4) is 0 Å². The largest absolute Gasteiger partial charge is 0.379 e. The number of ether oxygens (including phenoxy) is 1. The third-order valence-corrected chi connectivity index (χ3v) is 4.44. The molecule has 0 N–H and O–H groups in total. The van der Waals surface area contributed by atoms with Crippen molar-refractivity contribution in [2.45, 2.75) is 117 Å². The molecule has 0 aromatic rings. The Balaban J connectivity index is 3.27. The van der Waals surface area contributed by atoms with Gasteiger partial charge in [-0.15, -0.1) is 0 Å². The maximum Gasteiger partial charge on any atom is 0.0549 e. The van der Waals surface area contributed by atoms with Gasteiger partial charge in [0.2, 0.25) is 0 Å². The lowest BCUT2D eigenvalue weighted by molar-refractivity contribution is 0.0475. The van der Waals surface area contributed by atoms with Gasteiger partial charge in [0.05, 0.1) is 6.10 Å². The van der Waals surface area contributed by atoms with Gasteiger partial charge in [-0.3, -0.25) is 0 Å². The van der Waals surface area contributed by atoms with Crippen molar-refractivity contribution in [2.75, 3.05) is 6.61 Å². The molecule has 0 heterocycles. The molecule has 0 aromatic heterocycles. The van der Waals surface area contributed by atoms with Crippen LogP contribution in [0.5, 0.6) is 0 Å². The van der Waals surface area contributed by atoms with Crippen molar-refractivity contribution in [1.29, 1.82) is 0 Å². The SMILES string of the molecule is CCCCCCCCCCCC(C)CC(C)OCCCC. The van der Waals surface area contributed by atoms with Crippen LogP contribution in [-0.4, -0.2) is 12.7 Å². The summed E-state index contributed by atoms with van der Waals surface area (Å²) in [5.41, 5.74) is 0. The van der Waals surface area contributed by atoms with Crippen LogP contribution in [0.4, 0.5) is 0 Å². The lowest BCUT2D eigenvalue weighted by Gasteiger charge is -2.18. The maximum atomic E-state index is 5.84. The second-order valence-corrected chi connectivity index (χ2v) is 6.99. The van der Waals surface area contributed by atoms with Gasteiger partial charge in [0.1, 0.15) is 0 Å². The van der Waals surface area contributed by atoms with Gasteiger partial charge in [-0.2, -0.15) is 0 Å². The molecule has 0 fully saturated rings. The highest BCUT2D eigenvalue weighted by Crippen LogP contribution is 2.18. The third kappa shape index (κ3) is 16.2. The first-order valence-electron chi connectivity index (χ1n) is 9.82. The van der Waals surface area contributed by atoms with Gasteiger partial charge in [0.25, 0.3) is 0 Å². The summed E-state index contributed by atoms with van der Waals surface area (Å²) in [6, 6.07) is 0. The first kappa shape index (κ1) is 21.0. The van der Waals surface area contributed by atoms with Crippen LogP contribution in [0.15, 0.2) is 0 Å². The highest BCUT2D eigenvalue weighted by molar-refractivity contribution is 4.60. The van der Waals surface area contributed by atoms with E-state index >= 15 is 0 Å². The molecule has 1 heteroatoms. The highest BCUT2D eigenvalue weighted by atomic mass is 16.5. The molecule has 0 radical (unpaired) electrons. The van der Waals surface area contributed by atoms with Crippen molar-refractivity contribution in [3.8, 4) is 0 Å².